The quantitative estimate of drug-likeness (QED) is 0.547. The summed E-state index contributed by atoms with van der Waals surface area (Å²) in [5.41, 5.74) is 3.36. The minimum atomic E-state index is 0.679. The Morgan fingerprint density at radius 3 is 2.40 bits per heavy atom. The maximum absolute atomic E-state index is 10.9. The van der Waals surface area contributed by atoms with Gasteiger partial charge in [0.05, 0.1) is 12.7 Å². The Morgan fingerprint density at radius 2 is 1.80 bits per heavy atom. The third kappa shape index (κ3) is 2.04. The molecular formula is C13H16O2. The number of hydrogen-bond acceptors (Lipinski definition) is 2. The van der Waals surface area contributed by atoms with Gasteiger partial charge in [-0.05, 0) is 48.9 Å². The Bertz CT molecular complexity index is 369. The minimum Gasteiger partial charge on any atom is -0.496 e. The molecule has 0 bridgehead atoms. The highest BCUT2D eigenvalue weighted by Gasteiger charge is 2.12. The predicted molar refractivity (Wildman–Crippen MR) is 59.6 cm³/mol. The molecule has 0 saturated carbocycles. The van der Waals surface area contributed by atoms with E-state index in [1.54, 1.807) is 7.11 Å². The van der Waals surface area contributed by atoms with Crippen molar-refractivity contribution in [3.63, 3.8) is 0 Å². The molecule has 0 spiro atoms. The molecule has 0 aromatic heterocycles. The molecule has 0 fully saturated rings. The van der Waals surface area contributed by atoms with Gasteiger partial charge in [-0.25, -0.2) is 0 Å². The first kappa shape index (κ1) is 10.2. The smallest absolute Gasteiger partial charge is 0.153 e. The molecule has 0 aliphatic heterocycles. The van der Waals surface area contributed by atoms with Crippen LogP contribution < -0.4 is 4.74 Å². The van der Waals surface area contributed by atoms with Crippen LogP contribution >= 0.6 is 0 Å². The van der Waals surface area contributed by atoms with Gasteiger partial charge in [-0.1, -0.05) is 6.42 Å². The SMILES string of the molecule is COc1cc2c(cc1C=O)CCCCC2. The van der Waals surface area contributed by atoms with Crippen LogP contribution in [0.25, 0.3) is 0 Å². The fraction of sp³-hybridized carbons (Fsp3) is 0.462. The number of benzene rings is 1. The van der Waals surface area contributed by atoms with Gasteiger partial charge in [-0.15, -0.1) is 0 Å². The van der Waals surface area contributed by atoms with E-state index in [1.165, 1.54) is 30.4 Å². The van der Waals surface area contributed by atoms with Gasteiger partial charge in [0.1, 0.15) is 5.75 Å². The summed E-state index contributed by atoms with van der Waals surface area (Å²) in [5.74, 6) is 0.714. The highest BCUT2D eigenvalue weighted by atomic mass is 16.5. The number of rotatable bonds is 2. The zero-order valence-corrected chi connectivity index (χ0v) is 9.08. The molecule has 0 radical (unpaired) electrons. The first-order valence-corrected chi connectivity index (χ1v) is 5.50. The van der Waals surface area contributed by atoms with Crippen LogP contribution in [0, 0.1) is 0 Å². The molecule has 1 aromatic carbocycles. The number of aldehydes is 1. The number of ether oxygens (including phenoxy) is 1. The van der Waals surface area contributed by atoms with Gasteiger partial charge < -0.3 is 4.74 Å². The first-order chi connectivity index (χ1) is 7.35. The lowest BCUT2D eigenvalue weighted by Gasteiger charge is -2.10. The molecule has 1 aliphatic carbocycles. The van der Waals surface area contributed by atoms with Gasteiger partial charge in [0.15, 0.2) is 6.29 Å². The van der Waals surface area contributed by atoms with Crippen molar-refractivity contribution >= 4 is 6.29 Å². The Balaban J connectivity index is 2.45. The first-order valence-electron chi connectivity index (χ1n) is 5.50. The lowest BCUT2D eigenvalue weighted by Crippen LogP contribution is -1.97. The Labute approximate surface area is 90.3 Å². The maximum Gasteiger partial charge on any atom is 0.153 e. The fourth-order valence-corrected chi connectivity index (χ4v) is 2.23. The molecule has 1 aliphatic rings. The Hall–Kier alpha value is -1.31. The van der Waals surface area contributed by atoms with Crippen molar-refractivity contribution < 1.29 is 9.53 Å². The van der Waals surface area contributed by atoms with Crippen molar-refractivity contribution in [1.29, 1.82) is 0 Å². The standard InChI is InChI=1S/C13H16O2/c1-15-13-8-11-6-4-2-3-5-10(11)7-12(13)9-14/h7-9H,2-6H2,1H3. The fourth-order valence-electron chi connectivity index (χ4n) is 2.23. The summed E-state index contributed by atoms with van der Waals surface area (Å²) in [7, 11) is 1.62. The number of aryl methyl sites for hydroxylation is 2. The van der Waals surface area contributed by atoms with Gasteiger partial charge >= 0.3 is 0 Å². The monoisotopic (exact) mass is 204 g/mol. The normalized spacial score (nSPS) is 15.3. The van der Waals surface area contributed by atoms with Crippen LogP contribution in [0.5, 0.6) is 5.75 Å². The van der Waals surface area contributed by atoms with Crippen molar-refractivity contribution in [3.8, 4) is 5.75 Å². The summed E-state index contributed by atoms with van der Waals surface area (Å²) in [5, 5.41) is 0. The largest absolute Gasteiger partial charge is 0.496 e. The molecule has 0 heterocycles. The second kappa shape index (κ2) is 4.47. The number of fused-ring (bicyclic) bond motifs is 1. The topological polar surface area (TPSA) is 26.3 Å². The summed E-state index contributed by atoms with van der Waals surface area (Å²) in [6.07, 6.45) is 6.86. The van der Waals surface area contributed by atoms with E-state index in [-0.39, 0.29) is 0 Å². The molecule has 0 N–H and O–H groups in total. The summed E-state index contributed by atoms with van der Waals surface area (Å²) in [6, 6.07) is 4.02. The van der Waals surface area contributed by atoms with Crippen molar-refractivity contribution in [2.75, 3.05) is 7.11 Å². The number of hydrogen-bond donors (Lipinski definition) is 0. The Morgan fingerprint density at radius 1 is 1.13 bits per heavy atom. The zero-order chi connectivity index (χ0) is 10.7. The molecule has 1 aromatic rings. The predicted octanol–water partition coefficient (Wildman–Crippen LogP) is 2.78. The van der Waals surface area contributed by atoms with Crippen molar-refractivity contribution in [2.24, 2.45) is 0 Å². The highest BCUT2D eigenvalue weighted by molar-refractivity contribution is 5.80. The van der Waals surface area contributed by atoms with Crippen LogP contribution in [-0.2, 0) is 12.8 Å². The van der Waals surface area contributed by atoms with Gasteiger partial charge in [-0.3, -0.25) is 4.79 Å². The molecular weight excluding hydrogens is 188 g/mol. The van der Waals surface area contributed by atoms with E-state index in [1.807, 2.05) is 12.1 Å². The molecule has 2 nitrogen and oxygen atoms in total. The summed E-state index contributed by atoms with van der Waals surface area (Å²) >= 11 is 0. The second-order valence-electron chi connectivity index (χ2n) is 4.04. The molecule has 15 heavy (non-hydrogen) atoms. The van der Waals surface area contributed by atoms with Crippen LogP contribution in [0.1, 0.15) is 40.7 Å². The highest BCUT2D eigenvalue weighted by Crippen LogP contribution is 2.27. The number of carbonyl (C=O) groups is 1. The second-order valence-corrected chi connectivity index (χ2v) is 4.04. The van der Waals surface area contributed by atoms with E-state index in [9.17, 15) is 4.79 Å². The summed E-state index contributed by atoms with van der Waals surface area (Å²) < 4.78 is 5.21. The van der Waals surface area contributed by atoms with Crippen LogP contribution in [-0.4, -0.2) is 13.4 Å². The average Bonchev–Trinajstić information content (AvgIpc) is 2.51. The molecule has 2 heteroatoms. The van der Waals surface area contributed by atoms with Crippen LogP contribution in [0.4, 0.5) is 0 Å². The van der Waals surface area contributed by atoms with Gasteiger partial charge in [0, 0.05) is 0 Å². The van der Waals surface area contributed by atoms with Gasteiger partial charge in [0.25, 0.3) is 0 Å². The van der Waals surface area contributed by atoms with E-state index in [0.29, 0.717) is 11.3 Å². The molecule has 80 valence electrons. The number of methoxy groups -OCH3 is 1. The van der Waals surface area contributed by atoms with Gasteiger partial charge in [-0.2, -0.15) is 0 Å². The molecule has 0 amide bonds. The van der Waals surface area contributed by atoms with E-state index >= 15 is 0 Å². The minimum absolute atomic E-state index is 0.679. The molecule has 0 atom stereocenters. The van der Waals surface area contributed by atoms with Crippen molar-refractivity contribution in [2.45, 2.75) is 32.1 Å². The third-order valence-corrected chi connectivity index (χ3v) is 3.07. The van der Waals surface area contributed by atoms with Crippen molar-refractivity contribution in [1.82, 2.24) is 0 Å². The average molecular weight is 204 g/mol. The number of carbonyl (C=O) groups excluding carboxylic acids is 1. The van der Waals surface area contributed by atoms with E-state index < -0.39 is 0 Å². The third-order valence-electron chi connectivity index (χ3n) is 3.07. The molecule has 0 unspecified atom stereocenters. The molecule has 2 rings (SSSR count). The van der Waals surface area contributed by atoms with Crippen LogP contribution in [0.2, 0.25) is 0 Å². The zero-order valence-electron chi connectivity index (χ0n) is 9.08. The maximum atomic E-state index is 10.9. The van der Waals surface area contributed by atoms with E-state index in [2.05, 4.69) is 0 Å². The van der Waals surface area contributed by atoms with Crippen LogP contribution in [0.3, 0.4) is 0 Å². The van der Waals surface area contributed by atoms with E-state index in [0.717, 1.165) is 19.1 Å². The Kier molecular flexibility index (Phi) is 3.05. The van der Waals surface area contributed by atoms with E-state index in [4.69, 9.17) is 4.74 Å². The summed E-state index contributed by atoms with van der Waals surface area (Å²) in [6.45, 7) is 0. The molecule has 0 saturated heterocycles. The summed E-state index contributed by atoms with van der Waals surface area (Å²) in [4.78, 5) is 10.9. The lowest BCUT2D eigenvalue weighted by atomic mass is 9.99. The van der Waals surface area contributed by atoms with Crippen LogP contribution in [0.15, 0.2) is 12.1 Å². The van der Waals surface area contributed by atoms with Crippen molar-refractivity contribution in [3.05, 3.63) is 28.8 Å². The van der Waals surface area contributed by atoms with Gasteiger partial charge in [0.2, 0.25) is 0 Å². The lowest BCUT2D eigenvalue weighted by molar-refractivity contribution is 0.112.